The molecule has 0 radical (unpaired) electrons. The Morgan fingerprint density at radius 1 is 0.684 bits per heavy atom. The number of hydrogen-bond acceptors (Lipinski definition) is 3. The average molecular weight is 274 g/mol. The fraction of sp³-hybridized carbons (Fsp3) is 1.00. The second-order valence-electron chi connectivity index (χ2n) is 5.40. The molecule has 0 rings (SSSR count). The van der Waals surface area contributed by atoms with E-state index >= 15 is 0 Å². The number of aliphatic hydroxyl groups excluding tert-OH is 2. The van der Waals surface area contributed by atoms with Crippen LogP contribution in [0.3, 0.4) is 0 Å². The Labute approximate surface area is 119 Å². The largest absolute Gasteiger partial charge is 0.396 e. The number of hydrogen-bond donors (Lipinski definition) is 2. The molecule has 19 heavy (non-hydrogen) atoms. The van der Waals surface area contributed by atoms with Crippen molar-refractivity contribution in [2.24, 2.45) is 0 Å². The summed E-state index contributed by atoms with van der Waals surface area (Å²) in [6.45, 7) is 4.78. The van der Waals surface area contributed by atoms with Gasteiger partial charge in [-0.1, -0.05) is 52.4 Å². The second-order valence-corrected chi connectivity index (χ2v) is 5.40. The summed E-state index contributed by atoms with van der Waals surface area (Å²) in [7, 11) is 0. The third kappa shape index (κ3) is 11.4. The van der Waals surface area contributed by atoms with E-state index in [9.17, 15) is 0 Å². The van der Waals surface area contributed by atoms with Gasteiger partial charge in [0.25, 0.3) is 0 Å². The Kier molecular flexibility index (Phi) is 14.2. The van der Waals surface area contributed by atoms with E-state index < -0.39 is 0 Å². The first kappa shape index (κ1) is 18.9. The highest BCUT2D eigenvalue weighted by Gasteiger charge is 2.15. The lowest BCUT2D eigenvalue weighted by Gasteiger charge is -2.24. The van der Waals surface area contributed by atoms with Crippen LogP contribution < -0.4 is 0 Å². The predicted octanol–water partition coefficient (Wildman–Crippen LogP) is 3.67. The molecule has 0 aliphatic heterocycles. The van der Waals surface area contributed by atoms with E-state index in [0.717, 1.165) is 25.7 Å². The Hall–Kier alpha value is -0.120. The second kappa shape index (κ2) is 14.3. The molecule has 0 bridgehead atoms. The zero-order valence-electron chi connectivity index (χ0n) is 12.9. The van der Waals surface area contributed by atoms with Crippen molar-refractivity contribution in [3.63, 3.8) is 0 Å². The lowest BCUT2D eigenvalue weighted by Crippen LogP contribution is -2.24. The van der Waals surface area contributed by atoms with Crippen LogP contribution in [0, 0.1) is 0 Å². The molecule has 3 nitrogen and oxygen atoms in total. The van der Waals surface area contributed by atoms with E-state index in [1.165, 1.54) is 38.5 Å². The minimum absolute atomic E-state index is 0.162. The monoisotopic (exact) mass is 274 g/mol. The van der Waals surface area contributed by atoms with E-state index in [2.05, 4.69) is 13.8 Å². The van der Waals surface area contributed by atoms with Crippen LogP contribution in [0.5, 0.6) is 0 Å². The van der Waals surface area contributed by atoms with E-state index in [-0.39, 0.29) is 25.4 Å². The van der Waals surface area contributed by atoms with Gasteiger partial charge in [-0.05, 0) is 25.7 Å². The summed E-state index contributed by atoms with van der Waals surface area (Å²) in [5, 5.41) is 18.2. The van der Waals surface area contributed by atoms with Gasteiger partial charge in [-0.2, -0.15) is 0 Å². The van der Waals surface area contributed by atoms with Gasteiger partial charge in [-0.25, -0.2) is 0 Å². The molecule has 0 heterocycles. The predicted molar refractivity (Wildman–Crippen MR) is 80.4 cm³/mol. The highest BCUT2D eigenvalue weighted by atomic mass is 16.5. The Balaban J connectivity index is 4.05. The molecule has 0 aromatic heterocycles. The molecule has 0 aromatic carbocycles. The fourth-order valence-corrected chi connectivity index (χ4v) is 2.37. The highest BCUT2D eigenvalue weighted by molar-refractivity contribution is 4.65. The molecule has 0 fully saturated rings. The van der Waals surface area contributed by atoms with E-state index in [4.69, 9.17) is 14.9 Å². The minimum atomic E-state index is 0.162. The fourth-order valence-electron chi connectivity index (χ4n) is 2.37. The normalized spacial score (nSPS) is 14.5. The molecular formula is C16H34O3. The molecule has 3 heteroatoms. The number of unbranched alkanes of at least 4 members (excludes halogenated alkanes) is 4. The molecule has 116 valence electrons. The van der Waals surface area contributed by atoms with Crippen molar-refractivity contribution in [2.45, 2.75) is 90.3 Å². The van der Waals surface area contributed by atoms with Gasteiger partial charge in [-0.3, -0.25) is 0 Å². The maximum absolute atomic E-state index is 9.12. The zero-order chi connectivity index (χ0) is 14.3. The van der Waals surface area contributed by atoms with Crippen molar-refractivity contribution in [1.82, 2.24) is 0 Å². The van der Waals surface area contributed by atoms with Gasteiger partial charge in [0.05, 0.1) is 12.2 Å². The lowest BCUT2D eigenvalue weighted by atomic mass is 10.1. The number of rotatable bonds is 14. The van der Waals surface area contributed by atoms with Crippen molar-refractivity contribution < 1.29 is 14.9 Å². The van der Waals surface area contributed by atoms with Crippen molar-refractivity contribution in [1.29, 1.82) is 0 Å². The van der Waals surface area contributed by atoms with Gasteiger partial charge < -0.3 is 14.9 Å². The van der Waals surface area contributed by atoms with Crippen LogP contribution >= 0.6 is 0 Å². The lowest BCUT2D eigenvalue weighted by molar-refractivity contribution is -0.0418. The van der Waals surface area contributed by atoms with Crippen LogP contribution in [0.25, 0.3) is 0 Å². The standard InChI is InChI=1S/C16H34O3/c1-3-5-7-9-15(11-13-17)19-16(12-14-18)10-8-6-4-2/h15-18H,3-14H2,1-2H3. The van der Waals surface area contributed by atoms with Crippen molar-refractivity contribution >= 4 is 0 Å². The summed E-state index contributed by atoms with van der Waals surface area (Å²) < 4.78 is 6.10. The van der Waals surface area contributed by atoms with Crippen LogP contribution in [0.1, 0.15) is 78.1 Å². The summed E-state index contributed by atoms with van der Waals surface area (Å²) in [4.78, 5) is 0. The highest BCUT2D eigenvalue weighted by Crippen LogP contribution is 2.17. The topological polar surface area (TPSA) is 49.7 Å². The van der Waals surface area contributed by atoms with Crippen LogP contribution in [-0.2, 0) is 4.74 Å². The van der Waals surface area contributed by atoms with Gasteiger partial charge in [0, 0.05) is 13.2 Å². The van der Waals surface area contributed by atoms with Gasteiger partial charge in [-0.15, -0.1) is 0 Å². The molecule has 0 aromatic rings. The van der Waals surface area contributed by atoms with Gasteiger partial charge >= 0.3 is 0 Å². The Morgan fingerprint density at radius 3 is 1.42 bits per heavy atom. The van der Waals surface area contributed by atoms with Crippen molar-refractivity contribution in [2.75, 3.05) is 13.2 Å². The molecule has 2 atom stereocenters. The van der Waals surface area contributed by atoms with Crippen molar-refractivity contribution in [3.05, 3.63) is 0 Å². The maximum Gasteiger partial charge on any atom is 0.0600 e. The molecule has 0 amide bonds. The Bertz CT molecular complexity index is 155. The van der Waals surface area contributed by atoms with Crippen molar-refractivity contribution in [3.8, 4) is 0 Å². The zero-order valence-corrected chi connectivity index (χ0v) is 12.9. The quantitative estimate of drug-likeness (QED) is 0.475. The number of ether oxygens (including phenoxy) is 1. The number of aliphatic hydroxyl groups is 2. The van der Waals surface area contributed by atoms with E-state index in [0.29, 0.717) is 0 Å². The van der Waals surface area contributed by atoms with Crippen LogP contribution in [0.4, 0.5) is 0 Å². The summed E-state index contributed by atoms with van der Waals surface area (Å²) in [6, 6.07) is 0. The molecule has 2 unspecified atom stereocenters. The maximum atomic E-state index is 9.12. The third-order valence-electron chi connectivity index (χ3n) is 3.55. The molecule has 0 spiro atoms. The van der Waals surface area contributed by atoms with Gasteiger partial charge in [0.2, 0.25) is 0 Å². The van der Waals surface area contributed by atoms with Crippen LogP contribution in [0.15, 0.2) is 0 Å². The first-order chi connectivity index (χ1) is 9.28. The third-order valence-corrected chi connectivity index (χ3v) is 3.55. The summed E-state index contributed by atoms with van der Waals surface area (Å²) in [5.41, 5.74) is 0. The molecule has 0 aliphatic carbocycles. The summed E-state index contributed by atoms with van der Waals surface area (Å²) in [5.74, 6) is 0. The minimum Gasteiger partial charge on any atom is -0.396 e. The molecule has 0 saturated heterocycles. The molecular weight excluding hydrogens is 240 g/mol. The summed E-state index contributed by atoms with van der Waals surface area (Å²) >= 11 is 0. The Morgan fingerprint density at radius 2 is 1.11 bits per heavy atom. The van der Waals surface area contributed by atoms with Crippen LogP contribution in [0.2, 0.25) is 0 Å². The first-order valence-corrected chi connectivity index (χ1v) is 8.15. The van der Waals surface area contributed by atoms with E-state index in [1.54, 1.807) is 0 Å². The van der Waals surface area contributed by atoms with E-state index in [1.807, 2.05) is 0 Å². The van der Waals surface area contributed by atoms with Crippen LogP contribution in [-0.4, -0.2) is 35.6 Å². The van der Waals surface area contributed by atoms with Gasteiger partial charge in [0.15, 0.2) is 0 Å². The SMILES string of the molecule is CCCCCC(CCO)OC(CCO)CCCCC. The average Bonchev–Trinajstić information content (AvgIpc) is 2.39. The van der Waals surface area contributed by atoms with Gasteiger partial charge in [0.1, 0.15) is 0 Å². The summed E-state index contributed by atoms with van der Waals surface area (Å²) in [6.07, 6.45) is 11.0. The first-order valence-electron chi connectivity index (χ1n) is 8.15. The molecule has 2 N–H and O–H groups in total. The molecule has 0 saturated carbocycles. The molecule has 0 aliphatic rings. The smallest absolute Gasteiger partial charge is 0.0600 e.